The number of pyridine rings is 1. The van der Waals surface area contributed by atoms with Crippen molar-refractivity contribution in [3.63, 3.8) is 0 Å². The van der Waals surface area contributed by atoms with Gasteiger partial charge in [0.2, 0.25) is 5.95 Å². The molecule has 0 amide bonds. The molecule has 0 aliphatic carbocycles. The number of hydrogen-bond donors (Lipinski definition) is 1. The van der Waals surface area contributed by atoms with Gasteiger partial charge in [-0.15, -0.1) is 0 Å². The summed E-state index contributed by atoms with van der Waals surface area (Å²) in [5.41, 5.74) is 1.07. The standard InChI is InChI=1S/C19H14F5N7/c20-17(21)14-3-1-2-11-6-13(29-31(11)14)16-15-12(27-9-28-15)4-5-30(16)18-25-7-10(8-26-18)19(22,23)24/h1-3,6-9,16-17H,4-5H2,(H,27,28)/t16-/m1/s1. The van der Waals surface area contributed by atoms with Crippen molar-refractivity contribution in [1.82, 2.24) is 29.5 Å². The van der Waals surface area contributed by atoms with Crippen LogP contribution in [0.2, 0.25) is 0 Å². The van der Waals surface area contributed by atoms with Crippen LogP contribution in [0.25, 0.3) is 5.52 Å². The summed E-state index contributed by atoms with van der Waals surface area (Å²) < 4.78 is 66.7. The SMILES string of the molecule is FC(F)c1cccc2cc([C@@H]3c4nc[nH]c4CCN3c3ncc(C(F)(F)F)cn3)nn12. The number of imidazole rings is 1. The van der Waals surface area contributed by atoms with E-state index in [9.17, 15) is 22.0 Å². The highest BCUT2D eigenvalue weighted by atomic mass is 19.4. The van der Waals surface area contributed by atoms with Gasteiger partial charge in [-0.3, -0.25) is 0 Å². The fraction of sp³-hybridized carbons (Fsp3) is 0.263. The van der Waals surface area contributed by atoms with E-state index in [1.807, 2.05) is 0 Å². The van der Waals surface area contributed by atoms with Gasteiger partial charge in [0, 0.05) is 31.1 Å². The van der Waals surface area contributed by atoms with E-state index >= 15 is 0 Å². The monoisotopic (exact) mass is 435 g/mol. The predicted molar refractivity (Wildman–Crippen MR) is 98.7 cm³/mol. The molecular formula is C19H14F5N7. The number of nitrogens with zero attached hydrogens (tertiary/aromatic N) is 6. The van der Waals surface area contributed by atoms with Gasteiger partial charge in [0.15, 0.2) is 0 Å². The number of aromatic nitrogens is 6. The first kappa shape index (κ1) is 19.4. The molecule has 5 rings (SSSR count). The van der Waals surface area contributed by atoms with Crippen LogP contribution in [0.15, 0.2) is 43.0 Å². The molecule has 0 saturated heterocycles. The van der Waals surface area contributed by atoms with Crippen molar-refractivity contribution < 1.29 is 22.0 Å². The highest BCUT2D eigenvalue weighted by molar-refractivity contribution is 5.53. The van der Waals surface area contributed by atoms with Crippen molar-refractivity contribution in [3.05, 3.63) is 71.3 Å². The predicted octanol–water partition coefficient (Wildman–Crippen LogP) is 3.96. The van der Waals surface area contributed by atoms with E-state index in [4.69, 9.17) is 0 Å². The van der Waals surface area contributed by atoms with Gasteiger partial charge in [-0.05, 0) is 18.2 Å². The maximum Gasteiger partial charge on any atom is 0.419 e. The summed E-state index contributed by atoms with van der Waals surface area (Å²) in [5, 5.41) is 4.37. The first-order chi connectivity index (χ1) is 14.8. The lowest BCUT2D eigenvalue weighted by atomic mass is 10.0. The molecule has 12 heteroatoms. The average molecular weight is 435 g/mol. The largest absolute Gasteiger partial charge is 0.419 e. The first-order valence-corrected chi connectivity index (χ1v) is 9.27. The Labute approximate surface area is 171 Å². The smallest absolute Gasteiger partial charge is 0.348 e. The van der Waals surface area contributed by atoms with Crippen molar-refractivity contribution in [3.8, 4) is 0 Å². The summed E-state index contributed by atoms with van der Waals surface area (Å²) in [6.07, 6.45) is -3.79. The Kier molecular flexibility index (Phi) is 4.38. The Balaban J connectivity index is 1.62. The molecule has 4 aromatic heterocycles. The van der Waals surface area contributed by atoms with Crippen LogP contribution in [0, 0.1) is 0 Å². The van der Waals surface area contributed by atoms with Crippen LogP contribution in [0.4, 0.5) is 27.9 Å². The molecule has 1 N–H and O–H groups in total. The van der Waals surface area contributed by atoms with Crippen molar-refractivity contribution in [2.45, 2.75) is 25.1 Å². The van der Waals surface area contributed by atoms with Gasteiger partial charge in [0.05, 0.1) is 28.8 Å². The molecule has 0 fully saturated rings. The Morgan fingerprint density at radius 2 is 1.87 bits per heavy atom. The summed E-state index contributed by atoms with van der Waals surface area (Å²) >= 11 is 0. The Morgan fingerprint density at radius 3 is 2.58 bits per heavy atom. The number of halogens is 5. The van der Waals surface area contributed by atoms with Crippen LogP contribution >= 0.6 is 0 Å². The zero-order chi connectivity index (χ0) is 21.8. The van der Waals surface area contributed by atoms with Gasteiger partial charge in [-0.1, -0.05) is 6.07 Å². The highest BCUT2D eigenvalue weighted by Crippen LogP contribution is 2.36. The van der Waals surface area contributed by atoms with E-state index in [1.54, 1.807) is 17.0 Å². The normalized spacial score (nSPS) is 16.8. The summed E-state index contributed by atoms with van der Waals surface area (Å²) in [6.45, 7) is 0.376. The lowest BCUT2D eigenvalue weighted by molar-refractivity contribution is -0.138. The van der Waals surface area contributed by atoms with Gasteiger partial charge in [0.25, 0.3) is 6.43 Å². The molecular weight excluding hydrogens is 421 g/mol. The lowest BCUT2D eigenvalue weighted by Crippen LogP contribution is -2.37. The number of fused-ring (bicyclic) bond motifs is 2. The quantitative estimate of drug-likeness (QED) is 0.493. The molecule has 1 atom stereocenters. The van der Waals surface area contributed by atoms with Crippen molar-refractivity contribution in [2.24, 2.45) is 0 Å². The van der Waals surface area contributed by atoms with Gasteiger partial charge in [0.1, 0.15) is 11.7 Å². The molecule has 0 aromatic carbocycles. The zero-order valence-electron chi connectivity index (χ0n) is 15.7. The molecule has 1 aliphatic rings. The molecule has 4 aromatic rings. The van der Waals surface area contributed by atoms with Crippen LogP contribution in [0.3, 0.4) is 0 Å². The third-order valence-electron chi connectivity index (χ3n) is 5.19. The average Bonchev–Trinajstić information content (AvgIpc) is 3.38. The maximum absolute atomic E-state index is 13.4. The molecule has 0 saturated carbocycles. The van der Waals surface area contributed by atoms with Crippen LogP contribution in [-0.2, 0) is 12.6 Å². The van der Waals surface area contributed by atoms with E-state index in [1.165, 1.54) is 18.5 Å². The summed E-state index contributed by atoms with van der Waals surface area (Å²) in [5.74, 6) is 0.0674. The third kappa shape index (κ3) is 3.27. The number of nitrogens with one attached hydrogen (secondary N) is 1. The van der Waals surface area contributed by atoms with Gasteiger partial charge >= 0.3 is 6.18 Å². The minimum atomic E-state index is -4.55. The number of rotatable bonds is 3. The molecule has 31 heavy (non-hydrogen) atoms. The van der Waals surface area contributed by atoms with Gasteiger partial charge < -0.3 is 9.88 Å². The van der Waals surface area contributed by atoms with Crippen LogP contribution < -0.4 is 4.90 Å². The lowest BCUT2D eigenvalue weighted by Gasteiger charge is -2.33. The Bertz CT molecular complexity index is 1230. The van der Waals surface area contributed by atoms with Crippen molar-refractivity contribution in [1.29, 1.82) is 0 Å². The van der Waals surface area contributed by atoms with Crippen LogP contribution in [-0.4, -0.2) is 36.1 Å². The number of H-pyrrole nitrogens is 1. The second-order valence-electron chi connectivity index (χ2n) is 7.04. The number of alkyl halides is 5. The fourth-order valence-corrected chi connectivity index (χ4v) is 3.76. The van der Waals surface area contributed by atoms with Crippen molar-refractivity contribution in [2.75, 3.05) is 11.4 Å². The molecule has 5 heterocycles. The first-order valence-electron chi connectivity index (χ1n) is 9.27. The molecule has 160 valence electrons. The topological polar surface area (TPSA) is 75.0 Å². The van der Waals surface area contributed by atoms with E-state index in [-0.39, 0.29) is 11.6 Å². The summed E-state index contributed by atoms with van der Waals surface area (Å²) in [6, 6.07) is 5.44. The zero-order valence-corrected chi connectivity index (χ0v) is 15.7. The van der Waals surface area contributed by atoms with Crippen molar-refractivity contribution >= 4 is 11.5 Å². The minimum Gasteiger partial charge on any atom is -0.348 e. The third-order valence-corrected chi connectivity index (χ3v) is 5.19. The summed E-state index contributed by atoms with van der Waals surface area (Å²) in [7, 11) is 0. The number of hydrogen-bond acceptors (Lipinski definition) is 5. The fourth-order valence-electron chi connectivity index (χ4n) is 3.76. The van der Waals surface area contributed by atoms with Gasteiger partial charge in [-0.2, -0.15) is 18.3 Å². The second-order valence-corrected chi connectivity index (χ2v) is 7.04. The Hall–Kier alpha value is -3.57. The van der Waals surface area contributed by atoms with Crippen LogP contribution in [0.5, 0.6) is 0 Å². The van der Waals surface area contributed by atoms with E-state index in [2.05, 4.69) is 25.0 Å². The molecule has 0 bridgehead atoms. The maximum atomic E-state index is 13.4. The molecule has 1 aliphatic heterocycles. The molecule has 0 spiro atoms. The number of anilines is 1. The van der Waals surface area contributed by atoms with E-state index < -0.39 is 24.2 Å². The molecule has 7 nitrogen and oxygen atoms in total. The molecule has 0 unspecified atom stereocenters. The highest BCUT2D eigenvalue weighted by Gasteiger charge is 2.36. The Morgan fingerprint density at radius 1 is 1.10 bits per heavy atom. The van der Waals surface area contributed by atoms with Crippen LogP contribution in [0.1, 0.15) is 40.8 Å². The molecule has 0 radical (unpaired) electrons. The summed E-state index contributed by atoms with van der Waals surface area (Å²) in [4.78, 5) is 16.9. The van der Waals surface area contributed by atoms with E-state index in [0.29, 0.717) is 29.9 Å². The van der Waals surface area contributed by atoms with Gasteiger partial charge in [-0.25, -0.2) is 28.2 Å². The second kappa shape index (κ2) is 7.00. The number of aromatic amines is 1. The van der Waals surface area contributed by atoms with E-state index in [0.717, 1.165) is 22.6 Å². The minimum absolute atomic E-state index is 0.0674.